The van der Waals surface area contributed by atoms with Gasteiger partial charge in [-0.15, -0.1) is 0 Å². The third-order valence-electron chi connectivity index (χ3n) is 4.57. The minimum absolute atomic E-state index is 0.0104. The zero-order valence-electron chi connectivity index (χ0n) is 11.9. The lowest BCUT2D eigenvalue weighted by atomic mass is 9.94. The molecule has 0 bridgehead atoms. The molecule has 2 rings (SSSR count). The molecule has 112 valence electrons. The van der Waals surface area contributed by atoms with E-state index in [0.717, 1.165) is 19.3 Å². The molecule has 2 aliphatic rings. The predicted molar refractivity (Wildman–Crippen MR) is 75.9 cm³/mol. The Morgan fingerprint density at radius 1 is 1.25 bits per heavy atom. The van der Waals surface area contributed by atoms with E-state index in [-0.39, 0.29) is 36.3 Å². The van der Waals surface area contributed by atoms with Crippen LogP contribution in [0.1, 0.15) is 32.1 Å². The van der Waals surface area contributed by atoms with Crippen LogP contribution >= 0.6 is 0 Å². The van der Waals surface area contributed by atoms with Gasteiger partial charge >= 0.3 is 0 Å². The highest BCUT2D eigenvalue weighted by Crippen LogP contribution is 2.26. The second-order valence-electron chi connectivity index (χ2n) is 5.79. The molecule has 20 heavy (non-hydrogen) atoms. The number of hydrogen-bond donors (Lipinski definition) is 2. The summed E-state index contributed by atoms with van der Waals surface area (Å²) in [5, 5.41) is 12.4. The van der Waals surface area contributed by atoms with Gasteiger partial charge in [0.15, 0.2) is 0 Å². The van der Waals surface area contributed by atoms with Gasteiger partial charge in [0.05, 0.1) is 0 Å². The predicted octanol–water partition coefficient (Wildman–Crippen LogP) is 0.688. The zero-order chi connectivity index (χ0) is 14.5. The minimum Gasteiger partial charge on any atom is -0.396 e. The summed E-state index contributed by atoms with van der Waals surface area (Å²) in [4.78, 5) is 25.5. The highest BCUT2D eigenvalue weighted by molar-refractivity contribution is 5.87. The molecule has 0 aromatic heterocycles. The Bertz CT molecular complexity index is 375. The fraction of sp³-hybridized carbons (Fsp3) is 0.733. The first kappa shape index (κ1) is 15.0. The number of hydrogen-bond acceptors (Lipinski definition) is 3. The lowest BCUT2D eigenvalue weighted by Gasteiger charge is -2.31. The van der Waals surface area contributed by atoms with Crippen LogP contribution in [0.25, 0.3) is 0 Å². The first-order valence-corrected chi connectivity index (χ1v) is 7.48. The number of piperidine rings is 1. The Hall–Kier alpha value is -1.36. The summed E-state index contributed by atoms with van der Waals surface area (Å²) in [6.45, 7) is 4.88. The molecule has 2 N–H and O–H groups in total. The van der Waals surface area contributed by atoms with E-state index < -0.39 is 0 Å². The molecule has 5 nitrogen and oxygen atoms in total. The van der Waals surface area contributed by atoms with E-state index in [4.69, 9.17) is 0 Å². The molecule has 1 saturated carbocycles. The molecule has 2 fully saturated rings. The van der Waals surface area contributed by atoms with Gasteiger partial charge in [-0.1, -0.05) is 13.0 Å². The fourth-order valence-corrected chi connectivity index (χ4v) is 3.24. The maximum atomic E-state index is 12.2. The van der Waals surface area contributed by atoms with E-state index in [1.807, 2.05) is 0 Å². The topological polar surface area (TPSA) is 69.6 Å². The van der Waals surface area contributed by atoms with Crippen LogP contribution in [0.15, 0.2) is 12.7 Å². The molecule has 2 amide bonds. The van der Waals surface area contributed by atoms with E-state index >= 15 is 0 Å². The molecule has 1 aliphatic heterocycles. The van der Waals surface area contributed by atoms with Gasteiger partial charge in [0.25, 0.3) is 0 Å². The van der Waals surface area contributed by atoms with Gasteiger partial charge in [0.1, 0.15) is 0 Å². The number of likely N-dealkylation sites (tertiary alicyclic amines) is 1. The quantitative estimate of drug-likeness (QED) is 0.744. The molecule has 0 radical (unpaired) electrons. The summed E-state index contributed by atoms with van der Waals surface area (Å²) in [6, 6.07) is 0.125. The third kappa shape index (κ3) is 3.39. The van der Waals surface area contributed by atoms with Crippen molar-refractivity contribution in [1.82, 2.24) is 10.2 Å². The van der Waals surface area contributed by atoms with E-state index in [2.05, 4.69) is 11.9 Å². The molecule has 2 atom stereocenters. The summed E-state index contributed by atoms with van der Waals surface area (Å²) in [5.41, 5.74) is 0. The minimum atomic E-state index is -0.0556. The van der Waals surface area contributed by atoms with Gasteiger partial charge in [-0.2, -0.15) is 0 Å². The van der Waals surface area contributed by atoms with Crippen LogP contribution in [-0.2, 0) is 9.59 Å². The highest BCUT2D eigenvalue weighted by Gasteiger charge is 2.32. The maximum Gasteiger partial charge on any atom is 0.245 e. The molecular formula is C15H24N2O3. The summed E-state index contributed by atoms with van der Waals surface area (Å²) >= 11 is 0. The van der Waals surface area contributed by atoms with Crippen LogP contribution in [0.4, 0.5) is 0 Å². The summed E-state index contributed by atoms with van der Waals surface area (Å²) in [7, 11) is 0. The standard InChI is InChI=1S/C15H24N2O3/c1-2-14(19)17-8-6-11(7-9-17)15(20)16-13-5-3-4-12(13)10-18/h2,11-13,18H,1,3-10H2,(H,16,20)/t12-,13-/m0/s1. The summed E-state index contributed by atoms with van der Waals surface area (Å²) in [5.74, 6) is 0.228. The second-order valence-corrected chi connectivity index (χ2v) is 5.79. The van der Waals surface area contributed by atoms with Gasteiger partial charge in [-0.3, -0.25) is 9.59 Å². The number of rotatable bonds is 4. The van der Waals surface area contributed by atoms with E-state index in [0.29, 0.717) is 25.9 Å². The Labute approximate surface area is 120 Å². The third-order valence-corrected chi connectivity index (χ3v) is 4.57. The lowest BCUT2D eigenvalue weighted by Crippen LogP contribution is -2.46. The lowest BCUT2D eigenvalue weighted by molar-refractivity contribution is -0.132. The summed E-state index contributed by atoms with van der Waals surface area (Å²) in [6.07, 6.45) is 5.77. The smallest absolute Gasteiger partial charge is 0.245 e. The molecule has 0 aromatic carbocycles. The van der Waals surface area contributed by atoms with Gasteiger partial charge < -0.3 is 15.3 Å². The normalized spacial score (nSPS) is 27.4. The van der Waals surface area contributed by atoms with Gasteiger partial charge in [-0.05, 0) is 31.8 Å². The molecule has 5 heteroatoms. The first-order chi connectivity index (χ1) is 9.65. The molecule has 0 spiro atoms. The fourth-order valence-electron chi connectivity index (χ4n) is 3.24. The number of nitrogens with zero attached hydrogens (tertiary/aromatic N) is 1. The summed E-state index contributed by atoms with van der Waals surface area (Å²) < 4.78 is 0. The van der Waals surface area contributed by atoms with Crippen molar-refractivity contribution < 1.29 is 14.7 Å². The highest BCUT2D eigenvalue weighted by atomic mass is 16.3. The van der Waals surface area contributed by atoms with E-state index in [1.165, 1.54) is 6.08 Å². The molecule has 0 aromatic rings. The number of nitrogens with one attached hydrogen (secondary N) is 1. The van der Waals surface area contributed by atoms with Crippen molar-refractivity contribution in [2.24, 2.45) is 11.8 Å². The van der Waals surface area contributed by atoms with Crippen LogP contribution in [0.3, 0.4) is 0 Å². The Balaban J connectivity index is 1.80. The first-order valence-electron chi connectivity index (χ1n) is 7.48. The van der Waals surface area contributed by atoms with Crippen molar-refractivity contribution in [1.29, 1.82) is 0 Å². The second kappa shape index (κ2) is 6.88. The van der Waals surface area contributed by atoms with Crippen LogP contribution in [-0.4, -0.2) is 47.6 Å². The number of carbonyl (C=O) groups is 2. The average Bonchev–Trinajstić information content (AvgIpc) is 2.93. The van der Waals surface area contributed by atoms with Crippen molar-refractivity contribution in [3.8, 4) is 0 Å². The van der Waals surface area contributed by atoms with Gasteiger partial charge in [0.2, 0.25) is 11.8 Å². The molecule has 1 saturated heterocycles. The number of aliphatic hydroxyl groups excluding tert-OH is 1. The largest absolute Gasteiger partial charge is 0.396 e. The Kier molecular flexibility index (Phi) is 5.17. The van der Waals surface area contributed by atoms with Crippen molar-refractivity contribution in [2.45, 2.75) is 38.1 Å². The maximum absolute atomic E-state index is 12.2. The van der Waals surface area contributed by atoms with E-state index in [1.54, 1.807) is 4.90 Å². The van der Waals surface area contributed by atoms with Crippen molar-refractivity contribution >= 4 is 11.8 Å². The van der Waals surface area contributed by atoms with Crippen LogP contribution < -0.4 is 5.32 Å². The Morgan fingerprint density at radius 3 is 2.55 bits per heavy atom. The Morgan fingerprint density at radius 2 is 1.95 bits per heavy atom. The van der Waals surface area contributed by atoms with Crippen molar-refractivity contribution in [2.75, 3.05) is 19.7 Å². The number of amides is 2. The van der Waals surface area contributed by atoms with Crippen molar-refractivity contribution in [3.05, 3.63) is 12.7 Å². The number of aliphatic hydroxyl groups is 1. The van der Waals surface area contributed by atoms with Gasteiger partial charge in [0, 0.05) is 37.6 Å². The molecular weight excluding hydrogens is 256 g/mol. The van der Waals surface area contributed by atoms with Crippen LogP contribution in [0.5, 0.6) is 0 Å². The monoisotopic (exact) mass is 280 g/mol. The van der Waals surface area contributed by atoms with Gasteiger partial charge in [-0.25, -0.2) is 0 Å². The van der Waals surface area contributed by atoms with Crippen LogP contribution in [0.2, 0.25) is 0 Å². The SMILES string of the molecule is C=CC(=O)N1CCC(C(=O)N[C@H]2CCC[C@H]2CO)CC1. The molecule has 1 aliphatic carbocycles. The molecule has 1 heterocycles. The number of carbonyl (C=O) groups excluding carboxylic acids is 2. The zero-order valence-corrected chi connectivity index (χ0v) is 11.9. The van der Waals surface area contributed by atoms with Crippen molar-refractivity contribution in [3.63, 3.8) is 0 Å². The average molecular weight is 280 g/mol. The van der Waals surface area contributed by atoms with Crippen LogP contribution in [0, 0.1) is 11.8 Å². The van der Waals surface area contributed by atoms with E-state index in [9.17, 15) is 14.7 Å². The molecule has 0 unspecified atom stereocenters.